The summed E-state index contributed by atoms with van der Waals surface area (Å²) in [5.74, 6) is 0.337. The van der Waals surface area contributed by atoms with E-state index in [1.807, 2.05) is 31.4 Å². The largest absolute Gasteiger partial charge is 0.496 e. The van der Waals surface area contributed by atoms with Crippen LogP contribution in [0.25, 0.3) is 0 Å². The van der Waals surface area contributed by atoms with E-state index in [0.29, 0.717) is 22.0 Å². The van der Waals surface area contributed by atoms with Gasteiger partial charge in [0.1, 0.15) is 5.75 Å². The smallest absolute Gasteiger partial charge is 0.259 e. The van der Waals surface area contributed by atoms with Crippen LogP contribution in [0.4, 0.5) is 5.69 Å². The Hall–Kier alpha value is -1.65. The van der Waals surface area contributed by atoms with E-state index in [1.54, 1.807) is 37.1 Å². The molecule has 0 fully saturated rings. The van der Waals surface area contributed by atoms with E-state index in [0.717, 1.165) is 10.5 Å². The molecule has 3 nitrogen and oxygen atoms in total. The Balaban J connectivity index is 2.30. The maximum Gasteiger partial charge on any atom is 0.259 e. The van der Waals surface area contributed by atoms with Crippen molar-refractivity contribution in [2.75, 3.05) is 18.7 Å². The first kappa shape index (κ1) is 15.7. The number of methoxy groups -OCH3 is 1. The van der Waals surface area contributed by atoms with Crippen molar-refractivity contribution >= 4 is 35.0 Å². The number of aryl methyl sites for hydroxylation is 1. The fraction of sp³-hybridized carbons (Fsp3) is 0.188. The number of benzene rings is 2. The molecule has 0 aliphatic rings. The molecule has 110 valence electrons. The van der Waals surface area contributed by atoms with Gasteiger partial charge in [-0.1, -0.05) is 17.7 Å². The average molecular weight is 322 g/mol. The zero-order valence-electron chi connectivity index (χ0n) is 12.1. The van der Waals surface area contributed by atoms with Gasteiger partial charge in [0.05, 0.1) is 12.7 Å². The van der Waals surface area contributed by atoms with E-state index in [4.69, 9.17) is 16.3 Å². The quantitative estimate of drug-likeness (QED) is 0.834. The van der Waals surface area contributed by atoms with Gasteiger partial charge in [-0.15, -0.1) is 11.8 Å². The van der Waals surface area contributed by atoms with Crippen molar-refractivity contribution in [2.24, 2.45) is 0 Å². The summed E-state index contributed by atoms with van der Waals surface area (Å²) in [7, 11) is 1.56. The van der Waals surface area contributed by atoms with Gasteiger partial charge >= 0.3 is 0 Å². The highest BCUT2D eigenvalue weighted by molar-refractivity contribution is 7.98. The second kappa shape index (κ2) is 6.87. The lowest BCUT2D eigenvalue weighted by Gasteiger charge is -2.12. The van der Waals surface area contributed by atoms with E-state index < -0.39 is 0 Å². The van der Waals surface area contributed by atoms with Gasteiger partial charge in [-0.05, 0) is 49.1 Å². The number of ether oxygens (including phenoxy) is 1. The molecule has 0 heterocycles. The van der Waals surface area contributed by atoms with Crippen LogP contribution in [0, 0.1) is 6.92 Å². The standard InChI is InChI=1S/C16H16ClNO2S/c1-10-4-5-11(17)8-14(10)18-16(19)13-7-6-12(21-3)9-15(13)20-2/h4-9H,1-3H3,(H,18,19). The van der Waals surface area contributed by atoms with Crippen molar-refractivity contribution in [3.05, 3.63) is 52.5 Å². The molecule has 5 heteroatoms. The Labute approximate surface area is 133 Å². The van der Waals surface area contributed by atoms with Crippen LogP contribution < -0.4 is 10.1 Å². The molecule has 2 aromatic rings. The Morgan fingerprint density at radius 1 is 1.24 bits per heavy atom. The molecule has 0 bridgehead atoms. The third-order valence-electron chi connectivity index (χ3n) is 3.10. The van der Waals surface area contributed by atoms with Crippen molar-refractivity contribution in [1.29, 1.82) is 0 Å². The molecular weight excluding hydrogens is 306 g/mol. The topological polar surface area (TPSA) is 38.3 Å². The normalized spacial score (nSPS) is 10.3. The number of anilines is 1. The van der Waals surface area contributed by atoms with Crippen LogP contribution in [0.1, 0.15) is 15.9 Å². The molecule has 1 N–H and O–H groups in total. The molecule has 2 rings (SSSR count). The van der Waals surface area contributed by atoms with Crippen molar-refractivity contribution in [3.8, 4) is 5.75 Å². The number of rotatable bonds is 4. The SMILES string of the molecule is COc1cc(SC)ccc1C(=O)Nc1cc(Cl)ccc1C. The van der Waals surface area contributed by atoms with Crippen LogP contribution in [0.3, 0.4) is 0 Å². The first-order valence-electron chi connectivity index (χ1n) is 6.34. The van der Waals surface area contributed by atoms with Crippen LogP contribution in [-0.2, 0) is 0 Å². The number of carbonyl (C=O) groups excluding carboxylic acids is 1. The van der Waals surface area contributed by atoms with Gasteiger partial charge in [-0.2, -0.15) is 0 Å². The Morgan fingerprint density at radius 3 is 2.67 bits per heavy atom. The van der Waals surface area contributed by atoms with Gasteiger partial charge in [-0.25, -0.2) is 0 Å². The number of carbonyl (C=O) groups is 1. The number of halogens is 1. The van der Waals surface area contributed by atoms with Crippen LogP contribution in [0.2, 0.25) is 5.02 Å². The molecule has 0 atom stereocenters. The number of amides is 1. The number of hydrogen-bond acceptors (Lipinski definition) is 3. The maximum absolute atomic E-state index is 12.4. The zero-order valence-corrected chi connectivity index (χ0v) is 13.6. The fourth-order valence-electron chi connectivity index (χ4n) is 1.90. The molecule has 0 spiro atoms. The van der Waals surface area contributed by atoms with Gasteiger partial charge in [0.2, 0.25) is 0 Å². The third kappa shape index (κ3) is 3.71. The van der Waals surface area contributed by atoms with E-state index in [1.165, 1.54) is 0 Å². The molecule has 21 heavy (non-hydrogen) atoms. The predicted octanol–water partition coefficient (Wildman–Crippen LogP) is 4.63. The molecule has 0 saturated carbocycles. The molecule has 0 aliphatic carbocycles. The predicted molar refractivity (Wildman–Crippen MR) is 88.9 cm³/mol. The summed E-state index contributed by atoms with van der Waals surface area (Å²) in [6.45, 7) is 1.92. The lowest BCUT2D eigenvalue weighted by atomic mass is 10.1. The van der Waals surface area contributed by atoms with Gasteiger partial charge in [0.15, 0.2) is 0 Å². The van der Waals surface area contributed by atoms with Crippen LogP contribution in [0.15, 0.2) is 41.3 Å². The molecular formula is C16H16ClNO2S. The zero-order chi connectivity index (χ0) is 15.4. The molecule has 0 aromatic heterocycles. The van der Waals surface area contributed by atoms with Gasteiger partial charge < -0.3 is 10.1 Å². The van der Waals surface area contributed by atoms with Gasteiger partial charge in [-0.3, -0.25) is 4.79 Å². The van der Waals surface area contributed by atoms with Crippen LogP contribution in [0.5, 0.6) is 5.75 Å². The number of thioether (sulfide) groups is 1. The monoisotopic (exact) mass is 321 g/mol. The molecule has 0 aliphatic heterocycles. The van der Waals surface area contributed by atoms with Crippen molar-refractivity contribution < 1.29 is 9.53 Å². The Bertz CT molecular complexity index is 673. The summed E-state index contributed by atoms with van der Waals surface area (Å²) in [5.41, 5.74) is 2.14. The summed E-state index contributed by atoms with van der Waals surface area (Å²) < 4.78 is 5.30. The van der Waals surface area contributed by atoms with E-state index in [9.17, 15) is 4.79 Å². The molecule has 2 aromatic carbocycles. The molecule has 0 saturated heterocycles. The van der Waals surface area contributed by atoms with E-state index >= 15 is 0 Å². The Kier molecular flexibility index (Phi) is 5.15. The minimum Gasteiger partial charge on any atom is -0.496 e. The van der Waals surface area contributed by atoms with Crippen molar-refractivity contribution in [2.45, 2.75) is 11.8 Å². The highest BCUT2D eigenvalue weighted by Gasteiger charge is 2.14. The summed E-state index contributed by atoms with van der Waals surface area (Å²) >= 11 is 7.56. The summed E-state index contributed by atoms with van der Waals surface area (Å²) in [4.78, 5) is 13.5. The van der Waals surface area contributed by atoms with Crippen LogP contribution >= 0.6 is 23.4 Å². The van der Waals surface area contributed by atoms with Gasteiger partial charge in [0.25, 0.3) is 5.91 Å². The average Bonchev–Trinajstić information content (AvgIpc) is 2.50. The summed E-state index contributed by atoms with van der Waals surface area (Å²) in [6.07, 6.45) is 1.98. The van der Waals surface area contributed by atoms with Crippen LogP contribution in [-0.4, -0.2) is 19.3 Å². The third-order valence-corrected chi connectivity index (χ3v) is 4.06. The highest BCUT2D eigenvalue weighted by Crippen LogP contribution is 2.27. The van der Waals surface area contributed by atoms with Crippen molar-refractivity contribution in [1.82, 2.24) is 0 Å². The minimum absolute atomic E-state index is 0.218. The lowest BCUT2D eigenvalue weighted by Crippen LogP contribution is -2.14. The first-order chi connectivity index (χ1) is 10.0. The summed E-state index contributed by atoms with van der Waals surface area (Å²) in [5, 5.41) is 3.45. The first-order valence-corrected chi connectivity index (χ1v) is 7.95. The maximum atomic E-state index is 12.4. The van der Waals surface area contributed by atoms with E-state index in [2.05, 4.69) is 5.32 Å². The highest BCUT2D eigenvalue weighted by atomic mass is 35.5. The van der Waals surface area contributed by atoms with Crippen molar-refractivity contribution in [3.63, 3.8) is 0 Å². The Morgan fingerprint density at radius 2 is 2.00 bits per heavy atom. The fourth-order valence-corrected chi connectivity index (χ4v) is 2.51. The minimum atomic E-state index is -0.218. The summed E-state index contributed by atoms with van der Waals surface area (Å²) in [6, 6.07) is 10.9. The molecule has 0 unspecified atom stereocenters. The second-order valence-corrected chi connectivity index (χ2v) is 5.80. The van der Waals surface area contributed by atoms with Gasteiger partial charge in [0, 0.05) is 15.6 Å². The lowest BCUT2D eigenvalue weighted by molar-refractivity contribution is 0.102. The number of nitrogens with one attached hydrogen (secondary N) is 1. The molecule has 0 radical (unpaired) electrons. The number of hydrogen-bond donors (Lipinski definition) is 1. The molecule has 1 amide bonds. The van der Waals surface area contributed by atoms with E-state index in [-0.39, 0.29) is 5.91 Å². The second-order valence-electron chi connectivity index (χ2n) is 4.48.